The Hall–Kier alpha value is -3.07. The van der Waals surface area contributed by atoms with E-state index < -0.39 is 5.41 Å². The van der Waals surface area contributed by atoms with E-state index in [0.29, 0.717) is 0 Å². The van der Waals surface area contributed by atoms with Gasteiger partial charge in [0.15, 0.2) is 0 Å². The Balaban J connectivity index is 1.74. The van der Waals surface area contributed by atoms with E-state index in [0.717, 1.165) is 32.1 Å². The van der Waals surface area contributed by atoms with Gasteiger partial charge in [-0.1, -0.05) is 82.1 Å². The standard InChI is InChI=1S/C29H16BrClO/c30-26-9-5-6-17-14-21-19-13-12-18(31)15-24(19)29(25(21)16-20(17)26)22-7-1-3-10-27(22)32-28-11-4-2-8-23(28)29/h1-16H. The lowest BCUT2D eigenvalue weighted by molar-refractivity contribution is 0.436. The van der Waals surface area contributed by atoms with E-state index >= 15 is 0 Å². The predicted octanol–water partition coefficient (Wildman–Crippen LogP) is 8.72. The first-order chi connectivity index (χ1) is 15.7. The number of halogens is 2. The Bertz CT molecular complexity index is 1540. The van der Waals surface area contributed by atoms with Crippen LogP contribution in [0.4, 0.5) is 0 Å². The topological polar surface area (TPSA) is 9.23 Å². The molecule has 0 aromatic heterocycles. The zero-order valence-electron chi connectivity index (χ0n) is 16.9. The number of fused-ring (bicyclic) bond motifs is 10. The van der Waals surface area contributed by atoms with Crippen LogP contribution in [0, 0.1) is 0 Å². The SMILES string of the molecule is Clc1ccc2c(c1)C1(c3ccccc3Oc3ccccc31)c1cc3c(Br)cccc3cc1-2. The highest BCUT2D eigenvalue weighted by molar-refractivity contribution is 9.10. The first kappa shape index (κ1) is 18.5. The van der Waals surface area contributed by atoms with Crippen molar-refractivity contribution >= 4 is 38.3 Å². The Morgan fingerprint density at radius 1 is 0.625 bits per heavy atom. The van der Waals surface area contributed by atoms with E-state index in [4.69, 9.17) is 16.3 Å². The number of para-hydroxylation sites is 2. The molecule has 0 saturated carbocycles. The fourth-order valence-corrected chi connectivity index (χ4v) is 6.27. The maximum absolute atomic E-state index is 6.61. The molecule has 1 nitrogen and oxygen atoms in total. The van der Waals surface area contributed by atoms with Gasteiger partial charge >= 0.3 is 0 Å². The maximum atomic E-state index is 6.61. The van der Waals surface area contributed by atoms with Crippen molar-refractivity contribution in [1.29, 1.82) is 0 Å². The fourth-order valence-electron chi connectivity index (χ4n) is 5.60. The van der Waals surface area contributed by atoms with Crippen LogP contribution in [0.5, 0.6) is 11.5 Å². The van der Waals surface area contributed by atoms with Gasteiger partial charge in [0.1, 0.15) is 11.5 Å². The molecule has 0 radical (unpaired) electrons. The van der Waals surface area contributed by atoms with E-state index in [2.05, 4.69) is 94.8 Å². The summed E-state index contributed by atoms with van der Waals surface area (Å²) in [5, 5.41) is 3.15. The molecule has 0 bridgehead atoms. The summed E-state index contributed by atoms with van der Waals surface area (Å²) in [7, 11) is 0. The lowest BCUT2D eigenvalue weighted by Crippen LogP contribution is -2.32. The molecule has 1 spiro atoms. The van der Waals surface area contributed by atoms with Crippen LogP contribution in [-0.2, 0) is 5.41 Å². The third kappa shape index (κ3) is 2.24. The third-order valence-electron chi connectivity index (χ3n) is 6.85. The minimum atomic E-state index is -0.496. The Morgan fingerprint density at radius 3 is 2.06 bits per heavy atom. The highest BCUT2D eigenvalue weighted by Crippen LogP contribution is 2.62. The number of benzene rings is 5. The molecule has 2 aliphatic rings. The lowest BCUT2D eigenvalue weighted by atomic mass is 9.66. The number of rotatable bonds is 0. The molecule has 0 fully saturated rings. The molecule has 5 aromatic rings. The van der Waals surface area contributed by atoms with E-state index in [1.54, 1.807) is 0 Å². The summed E-state index contributed by atoms with van der Waals surface area (Å²) in [5.41, 5.74) is 6.73. The summed E-state index contributed by atoms with van der Waals surface area (Å²) in [6, 6.07) is 34.1. The zero-order chi connectivity index (χ0) is 21.4. The third-order valence-corrected chi connectivity index (χ3v) is 7.77. The van der Waals surface area contributed by atoms with Crippen LogP contribution in [-0.4, -0.2) is 0 Å². The quantitative estimate of drug-likeness (QED) is 0.204. The molecular formula is C29H16BrClO. The summed E-state index contributed by atoms with van der Waals surface area (Å²) in [6.07, 6.45) is 0. The second-order valence-electron chi connectivity index (χ2n) is 8.39. The first-order valence-corrected chi connectivity index (χ1v) is 11.7. The van der Waals surface area contributed by atoms with Crippen LogP contribution in [0.2, 0.25) is 5.02 Å². The predicted molar refractivity (Wildman–Crippen MR) is 134 cm³/mol. The van der Waals surface area contributed by atoms with Gasteiger partial charge in [0, 0.05) is 20.6 Å². The van der Waals surface area contributed by atoms with Crippen molar-refractivity contribution in [3.05, 3.63) is 129 Å². The molecule has 1 heterocycles. The number of hydrogen-bond donors (Lipinski definition) is 0. The zero-order valence-corrected chi connectivity index (χ0v) is 19.2. The lowest BCUT2D eigenvalue weighted by Gasteiger charge is -2.39. The summed E-state index contributed by atoms with van der Waals surface area (Å²) in [4.78, 5) is 0. The minimum Gasteiger partial charge on any atom is -0.457 e. The molecule has 0 saturated heterocycles. The molecule has 0 atom stereocenters. The van der Waals surface area contributed by atoms with Gasteiger partial charge in [-0.25, -0.2) is 0 Å². The normalized spacial score (nSPS) is 14.4. The molecule has 32 heavy (non-hydrogen) atoms. The summed E-state index contributed by atoms with van der Waals surface area (Å²) < 4.78 is 7.49. The average Bonchev–Trinajstić information content (AvgIpc) is 3.08. The van der Waals surface area contributed by atoms with Crippen molar-refractivity contribution in [2.75, 3.05) is 0 Å². The van der Waals surface area contributed by atoms with Crippen LogP contribution in [0.15, 0.2) is 102 Å². The van der Waals surface area contributed by atoms with Crippen LogP contribution in [0.25, 0.3) is 21.9 Å². The van der Waals surface area contributed by atoms with Gasteiger partial charge in [-0.2, -0.15) is 0 Å². The first-order valence-electron chi connectivity index (χ1n) is 10.6. The van der Waals surface area contributed by atoms with Crippen molar-refractivity contribution in [2.45, 2.75) is 5.41 Å². The number of ether oxygens (including phenoxy) is 1. The maximum Gasteiger partial charge on any atom is 0.132 e. The van der Waals surface area contributed by atoms with Gasteiger partial charge in [-0.3, -0.25) is 0 Å². The highest BCUT2D eigenvalue weighted by Gasteiger charge is 2.51. The molecule has 1 aliphatic carbocycles. The van der Waals surface area contributed by atoms with Crippen LogP contribution in [0.3, 0.4) is 0 Å². The number of hydrogen-bond acceptors (Lipinski definition) is 1. The van der Waals surface area contributed by atoms with Crippen molar-refractivity contribution in [3.63, 3.8) is 0 Å². The van der Waals surface area contributed by atoms with Crippen LogP contribution < -0.4 is 4.74 Å². The highest BCUT2D eigenvalue weighted by atomic mass is 79.9. The minimum absolute atomic E-state index is 0.496. The molecule has 0 unspecified atom stereocenters. The fraction of sp³-hybridized carbons (Fsp3) is 0.0345. The van der Waals surface area contributed by atoms with E-state index in [1.807, 2.05) is 18.2 Å². The summed E-state index contributed by atoms with van der Waals surface area (Å²) in [6.45, 7) is 0. The molecule has 0 N–H and O–H groups in total. The summed E-state index contributed by atoms with van der Waals surface area (Å²) >= 11 is 10.4. The average molecular weight is 496 g/mol. The van der Waals surface area contributed by atoms with Gasteiger partial charge in [-0.15, -0.1) is 0 Å². The second kappa shape index (κ2) is 6.48. The van der Waals surface area contributed by atoms with Crippen LogP contribution >= 0.6 is 27.5 Å². The molecule has 152 valence electrons. The van der Waals surface area contributed by atoms with Gasteiger partial charge in [-0.05, 0) is 75.5 Å². The van der Waals surface area contributed by atoms with Crippen molar-refractivity contribution in [3.8, 4) is 22.6 Å². The molecule has 5 aromatic carbocycles. The van der Waals surface area contributed by atoms with Gasteiger partial charge < -0.3 is 4.74 Å². The monoisotopic (exact) mass is 494 g/mol. The van der Waals surface area contributed by atoms with E-state index in [9.17, 15) is 0 Å². The molecule has 3 heteroatoms. The molecular weight excluding hydrogens is 480 g/mol. The van der Waals surface area contributed by atoms with Crippen LogP contribution in [0.1, 0.15) is 22.3 Å². The van der Waals surface area contributed by atoms with Crippen molar-refractivity contribution in [1.82, 2.24) is 0 Å². The summed E-state index contributed by atoms with van der Waals surface area (Å²) in [5.74, 6) is 1.77. The van der Waals surface area contributed by atoms with E-state index in [1.165, 1.54) is 33.0 Å². The largest absolute Gasteiger partial charge is 0.457 e. The molecule has 1 aliphatic heterocycles. The Kier molecular flexibility index (Phi) is 3.74. The van der Waals surface area contributed by atoms with Gasteiger partial charge in [0.05, 0.1) is 5.41 Å². The van der Waals surface area contributed by atoms with Gasteiger partial charge in [0.2, 0.25) is 0 Å². The molecule has 0 amide bonds. The van der Waals surface area contributed by atoms with Gasteiger partial charge in [0.25, 0.3) is 0 Å². The van der Waals surface area contributed by atoms with Crippen molar-refractivity contribution < 1.29 is 4.74 Å². The second-order valence-corrected chi connectivity index (χ2v) is 9.68. The van der Waals surface area contributed by atoms with E-state index in [-0.39, 0.29) is 0 Å². The smallest absolute Gasteiger partial charge is 0.132 e. The van der Waals surface area contributed by atoms with Crippen molar-refractivity contribution in [2.24, 2.45) is 0 Å². The molecule has 7 rings (SSSR count). The Morgan fingerprint density at radius 2 is 1.31 bits per heavy atom. The Labute approximate surface area is 199 Å².